The third-order valence-corrected chi connectivity index (χ3v) is 8.07. The van der Waals surface area contributed by atoms with Crippen LogP contribution in [-0.2, 0) is 4.74 Å². The zero-order chi connectivity index (χ0) is 37.6. The summed E-state index contributed by atoms with van der Waals surface area (Å²) in [6, 6.07) is 12.3. The van der Waals surface area contributed by atoms with E-state index in [1.807, 2.05) is 18.2 Å². The standard InChI is InChI=1S/C40H55N5O7/c1-7-9-10-11-12-13-22-51-35-18-16-31(24-37(35)48-5)27-41-44-39(46)33-26-34(30(4)43-29(33)3)40(47)45-42-28-32-17-19-36(38(25-32)49-6)52-23-15-14-21-50-20-8-2/h16-19,24-28H,7-15,20-23H2,1-6H3,(H,44,46)(H,45,47). The second kappa shape index (κ2) is 23.5. The number of nitrogens with zero attached hydrogens (tertiary/aromatic N) is 3. The summed E-state index contributed by atoms with van der Waals surface area (Å²) in [5.41, 5.74) is 7.78. The van der Waals surface area contributed by atoms with Crippen molar-refractivity contribution in [3.05, 3.63) is 76.1 Å². The molecule has 0 atom stereocenters. The number of hydrogen-bond donors (Lipinski definition) is 2. The smallest absolute Gasteiger partial charge is 0.273 e. The Morgan fingerprint density at radius 2 is 1.10 bits per heavy atom. The van der Waals surface area contributed by atoms with Crippen molar-refractivity contribution in [3.8, 4) is 23.0 Å². The van der Waals surface area contributed by atoms with E-state index in [1.165, 1.54) is 44.2 Å². The molecule has 52 heavy (non-hydrogen) atoms. The fourth-order valence-corrected chi connectivity index (χ4v) is 5.20. The van der Waals surface area contributed by atoms with Gasteiger partial charge in [0, 0.05) is 13.2 Å². The highest BCUT2D eigenvalue weighted by Gasteiger charge is 2.17. The summed E-state index contributed by atoms with van der Waals surface area (Å²) in [5.74, 6) is 1.39. The highest BCUT2D eigenvalue weighted by molar-refractivity contribution is 6.01. The second-order valence-corrected chi connectivity index (χ2v) is 12.3. The molecule has 0 saturated carbocycles. The summed E-state index contributed by atoms with van der Waals surface area (Å²) in [6.07, 6.45) is 12.9. The van der Waals surface area contributed by atoms with Crippen molar-refractivity contribution in [1.82, 2.24) is 15.8 Å². The fourth-order valence-electron chi connectivity index (χ4n) is 5.20. The molecule has 2 amide bonds. The largest absolute Gasteiger partial charge is 0.493 e. The Balaban J connectivity index is 1.55. The molecule has 2 N–H and O–H groups in total. The van der Waals surface area contributed by atoms with Gasteiger partial charge in [0.05, 0.1) is 62.4 Å². The maximum Gasteiger partial charge on any atom is 0.273 e. The van der Waals surface area contributed by atoms with E-state index in [0.717, 1.165) is 45.3 Å². The zero-order valence-electron chi connectivity index (χ0n) is 31.6. The van der Waals surface area contributed by atoms with Crippen LogP contribution in [-0.4, -0.2) is 69.9 Å². The number of ether oxygens (including phenoxy) is 5. The molecule has 0 aliphatic carbocycles. The Labute approximate surface area is 308 Å². The molecule has 0 saturated heterocycles. The topological polar surface area (TPSA) is 142 Å². The molecule has 2 aromatic carbocycles. The highest BCUT2D eigenvalue weighted by atomic mass is 16.5. The van der Waals surface area contributed by atoms with E-state index in [1.54, 1.807) is 46.3 Å². The molecular weight excluding hydrogens is 662 g/mol. The molecule has 0 fully saturated rings. The minimum Gasteiger partial charge on any atom is -0.493 e. The van der Waals surface area contributed by atoms with E-state index < -0.39 is 11.8 Å². The van der Waals surface area contributed by atoms with E-state index in [4.69, 9.17) is 23.7 Å². The van der Waals surface area contributed by atoms with Crippen LogP contribution in [0, 0.1) is 13.8 Å². The molecule has 0 spiro atoms. The van der Waals surface area contributed by atoms with Crippen molar-refractivity contribution < 1.29 is 33.3 Å². The quantitative estimate of drug-likeness (QED) is 0.0549. The van der Waals surface area contributed by atoms with Crippen molar-refractivity contribution >= 4 is 24.2 Å². The van der Waals surface area contributed by atoms with Gasteiger partial charge in [0.15, 0.2) is 23.0 Å². The molecule has 1 heterocycles. The zero-order valence-corrected chi connectivity index (χ0v) is 31.6. The molecule has 0 radical (unpaired) electrons. The lowest BCUT2D eigenvalue weighted by Crippen LogP contribution is -2.23. The van der Waals surface area contributed by atoms with Crippen LogP contribution in [0.25, 0.3) is 0 Å². The lowest BCUT2D eigenvalue weighted by molar-refractivity contribution is 0.0954. The summed E-state index contributed by atoms with van der Waals surface area (Å²) >= 11 is 0. The van der Waals surface area contributed by atoms with Crippen LogP contribution in [0.2, 0.25) is 0 Å². The van der Waals surface area contributed by atoms with Crippen molar-refractivity contribution in [2.75, 3.05) is 40.6 Å². The second-order valence-electron chi connectivity index (χ2n) is 12.3. The number of rotatable bonds is 24. The summed E-state index contributed by atoms with van der Waals surface area (Å²) in [7, 11) is 3.15. The maximum atomic E-state index is 13.1. The first-order chi connectivity index (χ1) is 25.3. The van der Waals surface area contributed by atoms with Gasteiger partial charge in [0.2, 0.25) is 0 Å². The van der Waals surface area contributed by atoms with E-state index in [0.29, 0.717) is 58.7 Å². The number of carbonyl (C=O) groups excluding carboxylic acids is 2. The fraction of sp³-hybridized carbons (Fsp3) is 0.475. The minimum absolute atomic E-state index is 0.208. The SMILES string of the molecule is CCCCCCCCOc1ccc(C=NNC(=O)c2cc(C(=O)NN=Cc3ccc(OCCCCOCCC)c(OC)c3)c(C)nc2C)cc1OC. The number of pyridine rings is 1. The molecule has 3 rings (SSSR count). The van der Waals surface area contributed by atoms with Crippen LogP contribution < -0.4 is 29.8 Å². The van der Waals surface area contributed by atoms with Crippen molar-refractivity contribution in [2.24, 2.45) is 10.2 Å². The Bertz CT molecular complexity index is 1510. The van der Waals surface area contributed by atoms with Crippen LogP contribution in [0.1, 0.15) is 115 Å². The maximum absolute atomic E-state index is 13.1. The summed E-state index contributed by atoms with van der Waals surface area (Å²) in [6.45, 7) is 10.4. The number of nitrogens with one attached hydrogen (secondary N) is 2. The third-order valence-electron chi connectivity index (χ3n) is 8.07. The van der Waals surface area contributed by atoms with Gasteiger partial charge in [-0.05, 0) is 93.1 Å². The average Bonchev–Trinajstić information content (AvgIpc) is 3.14. The number of aryl methyl sites for hydroxylation is 2. The first kappa shape index (κ1) is 41.5. The van der Waals surface area contributed by atoms with E-state index >= 15 is 0 Å². The van der Waals surface area contributed by atoms with Crippen LogP contribution in [0.5, 0.6) is 23.0 Å². The molecule has 0 aliphatic heterocycles. The molecule has 1 aromatic heterocycles. The van der Waals surface area contributed by atoms with Gasteiger partial charge in [0.1, 0.15) is 0 Å². The first-order valence-corrected chi connectivity index (χ1v) is 18.2. The number of benzene rings is 2. The predicted molar refractivity (Wildman–Crippen MR) is 205 cm³/mol. The van der Waals surface area contributed by atoms with Gasteiger partial charge in [0.25, 0.3) is 11.8 Å². The number of carbonyl (C=O) groups is 2. The van der Waals surface area contributed by atoms with Gasteiger partial charge in [-0.2, -0.15) is 10.2 Å². The lowest BCUT2D eigenvalue weighted by atomic mass is 10.1. The summed E-state index contributed by atoms with van der Waals surface area (Å²) in [4.78, 5) is 30.6. The molecule has 3 aromatic rings. The van der Waals surface area contributed by atoms with Crippen molar-refractivity contribution in [2.45, 2.75) is 85.5 Å². The Morgan fingerprint density at radius 3 is 1.60 bits per heavy atom. The molecule has 282 valence electrons. The molecule has 0 bridgehead atoms. The van der Waals surface area contributed by atoms with E-state index in [-0.39, 0.29) is 11.1 Å². The average molecular weight is 718 g/mol. The van der Waals surface area contributed by atoms with Gasteiger partial charge in [-0.25, -0.2) is 10.9 Å². The third kappa shape index (κ3) is 14.0. The van der Waals surface area contributed by atoms with Crippen LogP contribution in [0.3, 0.4) is 0 Å². The molecule has 0 aliphatic rings. The number of aromatic nitrogens is 1. The monoisotopic (exact) mass is 717 g/mol. The number of hydrazone groups is 2. The van der Waals surface area contributed by atoms with Gasteiger partial charge in [-0.1, -0.05) is 46.0 Å². The Hall–Kier alpha value is -4.97. The number of hydrogen-bond acceptors (Lipinski definition) is 10. The lowest BCUT2D eigenvalue weighted by Gasteiger charge is -2.11. The van der Waals surface area contributed by atoms with Gasteiger partial charge >= 0.3 is 0 Å². The van der Waals surface area contributed by atoms with E-state index in [2.05, 4.69) is 39.9 Å². The van der Waals surface area contributed by atoms with Crippen LogP contribution in [0.15, 0.2) is 52.7 Å². The molecule has 12 nitrogen and oxygen atoms in total. The Kier molecular flexibility index (Phi) is 18.7. The van der Waals surface area contributed by atoms with E-state index in [9.17, 15) is 9.59 Å². The van der Waals surface area contributed by atoms with Crippen molar-refractivity contribution in [3.63, 3.8) is 0 Å². The van der Waals surface area contributed by atoms with Crippen molar-refractivity contribution in [1.29, 1.82) is 0 Å². The predicted octanol–water partition coefficient (Wildman–Crippen LogP) is 7.57. The number of unbranched alkanes of at least 4 members (excludes halogenated alkanes) is 6. The van der Waals surface area contributed by atoms with Gasteiger partial charge in [-0.3, -0.25) is 14.6 Å². The normalized spacial score (nSPS) is 11.2. The Morgan fingerprint density at radius 1 is 0.615 bits per heavy atom. The van der Waals surface area contributed by atoms with Crippen LogP contribution >= 0.6 is 0 Å². The first-order valence-electron chi connectivity index (χ1n) is 18.2. The van der Waals surface area contributed by atoms with Crippen LogP contribution in [0.4, 0.5) is 0 Å². The minimum atomic E-state index is -0.514. The summed E-state index contributed by atoms with van der Waals surface area (Å²) in [5, 5.41) is 8.22. The highest BCUT2D eigenvalue weighted by Crippen LogP contribution is 2.29. The summed E-state index contributed by atoms with van der Waals surface area (Å²) < 4.78 is 28.3. The molecule has 0 unspecified atom stereocenters. The molecular formula is C40H55N5O7. The molecule has 12 heteroatoms. The number of methoxy groups -OCH3 is 2. The van der Waals surface area contributed by atoms with Gasteiger partial charge < -0.3 is 23.7 Å². The number of amides is 2. The van der Waals surface area contributed by atoms with Gasteiger partial charge in [-0.15, -0.1) is 0 Å².